The normalized spacial score (nSPS) is 16.2. The molecule has 1 aromatic carbocycles. The van der Waals surface area contributed by atoms with E-state index in [0.717, 1.165) is 0 Å². The number of hydrogen-bond donors (Lipinski definition) is 3. The number of nitrogens with zero attached hydrogens (tertiary/aromatic N) is 2. The predicted molar refractivity (Wildman–Crippen MR) is 116 cm³/mol. The third-order valence-corrected chi connectivity index (χ3v) is 6.71. The lowest BCUT2D eigenvalue weighted by Gasteiger charge is -2.21. The van der Waals surface area contributed by atoms with Crippen LogP contribution in [0.15, 0.2) is 27.9 Å². The summed E-state index contributed by atoms with van der Waals surface area (Å²) in [6.45, 7) is -0.751. The van der Waals surface area contributed by atoms with Crippen molar-refractivity contribution in [3.05, 3.63) is 56.6 Å². The van der Waals surface area contributed by atoms with E-state index in [1.165, 1.54) is 28.5 Å². The quantitative estimate of drug-likeness (QED) is 0.297. The molecule has 0 saturated heterocycles. The molecule has 0 saturated carbocycles. The zero-order valence-electron chi connectivity index (χ0n) is 17.3. The van der Waals surface area contributed by atoms with Crippen molar-refractivity contribution in [3.8, 4) is 11.4 Å². The van der Waals surface area contributed by atoms with Crippen LogP contribution >= 0.6 is 11.8 Å². The maximum absolute atomic E-state index is 14.5. The van der Waals surface area contributed by atoms with Crippen LogP contribution in [-0.2, 0) is 34.0 Å². The molecule has 33 heavy (non-hydrogen) atoms. The van der Waals surface area contributed by atoms with Crippen molar-refractivity contribution in [2.75, 3.05) is 12.9 Å². The molecule has 0 fully saturated rings. The van der Waals surface area contributed by atoms with Crippen LogP contribution in [0.2, 0.25) is 0 Å². The van der Waals surface area contributed by atoms with Crippen LogP contribution in [0.1, 0.15) is 28.4 Å². The first-order valence-electron chi connectivity index (χ1n) is 10.0. The maximum atomic E-state index is 14.5. The van der Waals surface area contributed by atoms with Gasteiger partial charge in [-0.2, -0.15) is 0 Å². The number of amides is 1. The molecule has 1 amide bonds. The Hall–Kier alpha value is -3.28. The third kappa shape index (κ3) is 3.31. The Bertz CT molecular complexity index is 1420. The van der Waals surface area contributed by atoms with E-state index < -0.39 is 36.0 Å². The van der Waals surface area contributed by atoms with Crippen molar-refractivity contribution >= 4 is 34.5 Å². The number of aromatic nitrogens is 2. The van der Waals surface area contributed by atoms with Gasteiger partial charge in [0.15, 0.2) is 6.10 Å². The largest absolute Gasteiger partial charge is 0.458 e. The van der Waals surface area contributed by atoms with E-state index in [1.807, 2.05) is 0 Å². The number of aliphatic hydroxyl groups is 2. The maximum Gasteiger partial charge on any atom is 0.340 e. The third-order valence-electron chi connectivity index (χ3n) is 5.95. The summed E-state index contributed by atoms with van der Waals surface area (Å²) in [5, 5.41) is 22.6. The molecule has 3 N–H and O–H groups in total. The van der Waals surface area contributed by atoms with Gasteiger partial charge in [-0.05, 0) is 24.0 Å². The van der Waals surface area contributed by atoms with Gasteiger partial charge < -0.3 is 24.8 Å². The minimum atomic E-state index is -1.58. The fourth-order valence-electron chi connectivity index (χ4n) is 4.31. The lowest BCUT2D eigenvalue weighted by molar-refractivity contribution is -0.157. The van der Waals surface area contributed by atoms with E-state index in [1.54, 1.807) is 12.3 Å². The number of halogens is 1. The molecule has 3 aromatic rings. The topological polar surface area (TPSA) is 131 Å². The zero-order valence-corrected chi connectivity index (χ0v) is 18.2. The van der Waals surface area contributed by atoms with Gasteiger partial charge in [0.1, 0.15) is 19.0 Å². The number of esters is 1. The molecule has 0 radical (unpaired) electrons. The van der Waals surface area contributed by atoms with Gasteiger partial charge in [-0.15, -0.1) is 11.8 Å². The first-order chi connectivity index (χ1) is 15.8. The lowest BCUT2D eigenvalue weighted by atomic mass is 9.98. The van der Waals surface area contributed by atoms with Crippen LogP contribution in [0, 0.1) is 5.82 Å². The summed E-state index contributed by atoms with van der Waals surface area (Å²) >= 11 is 1.23. The summed E-state index contributed by atoms with van der Waals surface area (Å²) in [6, 6.07) is 4.48. The molecule has 2 aromatic heterocycles. The van der Waals surface area contributed by atoms with E-state index in [9.17, 15) is 23.9 Å². The molecule has 0 spiro atoms. The number of rotatable bonds is 4. The van der Waals surface area contributed by atoms with Crippen molar-refractivity contribution < 1.29 is 28.9 Å². The molecular weight excluding hydrogens is 453 g/mol. The number of thioether (sulfide) groups is 1. The van der Waals surface area contributed by atoms with E-state index in [-0.39, 0.29) is 30.8 Å². The molecule has 4 heterocycles. The second-order valence-electron chi connectivity index (χ2n) is 7.72. The van der Waals surface area contributed by atoms with Crippen LogP contribution in [0.4, 0.5) is 4.39 Å². The molecule has 1 unspecified atom stereocenters. The number of cyclic esters (lactones) is 1. The van der Waals surface area contributed by atoms with E-state index in [4.69, 9.17) is 9.84 Å². The molecule has 9 nitrogen and oxygen atoms in total. The highest BCUT2D eigenvalue weighted by atomic mass is 32.2. The lowest BCUT2D eigenvalue weighted by Crippen LogP contribution is -2.32. The summed E-state index contributed by atoms with van der Waals surface area (Å²) in [4.78, 5) is 41.7. The fraction of sp³-hybridized carbons (Fsp3) is 0.273. The predicted octanol–water partition coefficient (Wildman–Crippen LogP) is 0.985. The second-order valence-corrected chi connectivity index (χ2v) is 8.57. The van der Waals surface area contributed by atoms with Gasteiger partial charge in [0.2, 0.25) is 5.91 Å². The van der Waals surface area contributed by atoms with Crippen molar-refractivity contribution in [1.29, 1.82) is 0 Å². The number of ether oxygens (including phenoxy) is 1. The highest BCUT2D eigenvalue weighted by molar-refractivity contribution is 7.98. The van der Waals surface area contributed by atoms with Crippen LogP contribution in [0.25, 0.3) is 22.3 Å². The van der Waals surface area contributed by atoms with E-state index in [2.05, 4.69) is 10.3 Å². The zero-order chi connectivity index (χ0) is 23.4. The van der Waals surface area contributed by atoms with Gasteiger partial charge in [-0.25, -0.2) is 14.2 Å². The molecule has 11 heteroatoms. The SMILES string of the molecule is CSc1cc2c(CNC(=O)CO)c3c(nc2cc1F)-c1cc2c(c(=O)n1C3)COC(=O)C2O. The number of benzene rings is 1. The highest BCUT2D eigenvalue weighted by Gasteiger charge is 2.34. The van der Waals surface area contributed by atoms with Crippen LogP contribution in [0.5, 0.6) is 0 Å². The minimum absolute atomic E-state index is 0.0346. The molecule has 2 aliphatic rings. The van der Waals surface area contributed by atoms with Crippen molar-refractivity contribution in [2.24, 2.45) is 0 Å². The highest BCUT2D eigenvalue weighted by Crippen LogP contribution is 2.39. The fourth-order valence-corrected chi connectivity index (χ4v) is 4.80. The summed E-state index contributed by atoms with van der Waals surface area (Å²) in [7, 11) is 0. The van der Waals surface area contributed by atoms with Gasteiger partial charge in [-0.1, -0.05) is 0 Å². The first-order valence-corrected chi connectivity index (χ1v) is 11.2. The van der Waals surface area contributed by atoms with Gasteiger partial charge in [0.05, 0.1) is 29.0 Å². The van der Waals surface area contributed by atoms with Gasteiger partial charge in [0, 0.05) is 34.0 Å². The minimum Gasteiger partial charge on any atom is -0.458 e. The number of carbonyl (C=O) groups is 2. The summed E-state index contributed by atoms with van der Waals surface area (Å²) < 4.78 is 20.9. The van der Waals surface area contributed by atoms with Gasteiger partial charge in [0.25, 0.3) is 5.56 Å². The van der Waals surface area contributed by atoms with Gasteiger partial charge >= 0.3 is 5.97 Å². The van der Waals surface area contributed by atoms with Crippen LogP contribution in [-0.4, -0.2) is 44.5 Å². The molecule has 5 rings (SSSR count). The van der Waals surface area contributed by atoms with Crippen molar-refractivity contribution in [1.82, 2.24) is 14.9 Å². The summed E-state index contributed by atoms with van der Waals surface area (Å²) in [6.07, 6.45) is 0.161. The van der Waals surface area contributed by atoms with Crippen molar-refractivity contribution in [3.63, 3.8) is 0 Å². The average molecular weight is 471 g/mol. The van der Waals surface area contributed by atoms with Crippen molar-refractivity contribution in [2.45, 2.75) is 30.7 Å². The number of carbonyl (C=O) groups excluding carboxylic acids is 2. The Labute approximate surface area is 190 Å². The molecular formula is C22H18FN3O6S. The smallest absolute Gasteiger partial charge is 0.340 e. The Morgan fingerprint density at radius 1 is 1.33 bits per heavy atom. The number of hydrogen-bond acceptors (Lipinski definition) is 8. The summed E-state index contributed by atoms with van der Waals surface area (Å²) in [5.41, 5.74) is 2.34. The van der Waals surface area contributed by atoms with E-state index >= 15 is 0 Å². The molecule has 170 valence electrons. The second kappa shape index (κ2) is 7.94. The van der Waals surface area contributed by atoms with Crippen LogP contribution < -0.4 is 10.9 Å². The summed E-state index contributed by atoms with van der Waals surface area (Å²) in [5.74, 6) is -1.87. The Kier molecular flexibility index (Phi) is 5.19. The van der Waals surface area contributed by atoms with Crippen LogP contribution in [0.3, 0.4) is 0 Å². The molecule has 1 atom stereocenters. The van der Waals surface area contributed by atoms with E-state index in [0.29, 0.717) is 38.3 Å². The Balaban J connectivity index is 1.76. The average Bonchev–Trinajstić information content (AvgIpc) is 3.17. The number of pyridine rings is 2. The van der Waals surface area contributed by atoms with Gasteiger partial charge in [-0.3, -0.25) is 9.59 Å². The number of nitrogens with one attached hydrogen (secondary N) is 1. The molecule has 0 bridgehead atoms. The number of fused-ring (bicyclic) bond motifs is 5. The monoisotopic (exact) mass is 471 g/mol. The molecule has 2 aliphatic heterocycles. The number of aliphatic hydroxyl groups excluding tert-OH is 2. The Morgan fingerprint density at radius 3 is 2.85 bits per heavy atom. The standard InChI is InChI=1S/C22H18FN3O6S/c1-33-17-3-9-11(5-24-18(28)7-27)12-6-26-16(19(12)25-15(9)4-14(17)23)2-10-13(21(26)30)8-32-22(31)20(10)29/h2-4,20,27,29H,5-8H2,1H3,(H,24,28). The molecule has 0 aliphatic carbocycles. The first kappa shape index (κ1) is 21.6. The Morgan fingerprint density at radius 2 is 2.12 bits per heavy atom.